The Kier molecular flexibility index (Phi) is 6.99. The summed E-state index contributed by atoms with van der Waals surface area (Å²) in [6.07, 6.45) is 6.48. The summed E-state index contributed by atoms with van der Waals surface area (Å²) in [5.74, 6) is 0.364. The molecular weight excluding hydrogens is 520 g/mol. The van der Waals surface area contributed by atoms with Crippen LogP contribution < -0.4 is 0 Å². The molecule has 0 N–H and O–H groups in total. The van der Waals surface area contributed by atoms with Crippen LogP contribution in [0.4, 0.5) is 0 Å². The van der Waals surface area contributed by atoms with Crippen molar-refractivity contribution in [1.82, 2.24) is 9.97 Å². The molecule has 2 heteroatoms. The normalized spacial score (nSPS) is 12.7. The fourth-order valence-electron chi connectivity index (χ4n) is 6.83. The molecule has 210 valence electrons. The van der Waals surface area contributed by atoms with Crippen LogP contribution in [0.2, 0.25) is 0 Å². The minimum absolute atomic E-state index is 0.364. The van der Waals surface area contributed by atoms with E-state index in [1.165, 1.54) is 49.4 Å². The first kappa shape index (κ1) is 27.0. The Bertz CT molecular complexity index is 2130. The van der Waals surface area contributed by atoms with Gasteiger partial charge in [-0.2, -0.15) is 0 Å². The Morgan fingerprint density at radius 3 is 2.00 bits per heavy atom. The number of nitrogens with zero attached hydrogens (tertiary/aromatic N) is 2. The SMILES string of the molecule is C/C=C\C(CC)c1c2ccccc2c(-c2cccc(-c3cc(CC)nc4c3ccc3ccc(C)nc34)c2)c2ccccc12. The summed E-state index contributed by atoms with van der Waals surface area (Å²) in [5, 5.41) is 7.54. The third-order valence-corrected chi connectivity index (χ3v) is 8.86. The number of aryl methyl sites for hydroxylation is 2. The van der Waals surface area contributed by atoms with Gasteiger partial charge in [0.15, 0.2) is 0 Å². The molecule has 43 heavy (non-hydrogen) atoms. The standard InChI is InChI=1S/C41H36N2/c1-5-13-27(6-2)38-32-16-8-10-18-34(32)39(35-19-11-9-17-33(35)38)30-15-12-14-29(24-30)37-25-31(7-3)43-41-36(37)23-22-28-21-20-26(4)42-40(28)41/h5,8-25,27H,6-7H2,1-4H3/b13-5-. The second-order valence-electron chi connectivity index (χ2n) is 11.5. The zero-order chi connectivity index (χ0) is 29.5. The van der Waals surface area contributed by atoms with Crippen LogP contribution in [0.5, 0.6) is 0 Å². The van der Waals surface area contributed by atoms with E-state index in [0.717, 1.165) is 46.0 Å². The maximum absolute atomic E-state index is 5.09. The van der Waals surface area contributed by atoms with Gasteiger partial charge in [0.25, 0.3) is 0 Å². The molecule has 0 radical (unpaired) electrons. The van der Waals surface area contributed by atoms with Gasteiger partial charge in [-0.15, -0.1) is 0 Å². The molecule has 0 saturated heterocycles. The summed E-state index contributed by atoms with van der Waals surface area (Å²) in [6, 6.07) is 37.9. The van der Waals surface area contributed by atoms with E-state index in [-0.39, 0.29) is 0 Å². The van der Waals surface area contributed by atoms with Crippen LogP contribution in [0.25, 0.3) is 65.6 Å². The second kappa shape index (κ2) is 11.1. The van der Waals surface area contributed by atoms with Crippen molar-refractivity contribution in [3.05, 3.63) is 132 Å². The minimum Gasteiger partial charge on any atom is -0.251 e. The summed E-state index contributed by atoms with van der Waals surface area (Å²) < 4.78 is 0. The summed E-state index contributed by atoms with van der Waals surface area (Å²) in [6.45, 7) is 8.64. The third kappa shape index (κ3) is 4.58. The van der Waals surface area contributed by atoms with Crippen LogP contribution in [0.15, 0.2) is 115 Å². The van der Waals surface area contributed by atoms with E-state index in [4.69, 9.17) is 9.97 Å². The highest BCUT2D eigenvalue weighted by Gasteiger charge is 2.20. The molecule has 0 amide bonds. The van der Waals surface area contributed by atoms with Gasteiger partial charge in [0.05, 0.1) is 11.0 Å². The first-order valence-electron chi connectivity index (χ1n) is 15.5. The lowest BCUT2D eigenvalue weighted by molar-refractivity contribution is 0.817. The average molecular weight is 557 g/mol. The molecular formula is C41H36N2. The molecule has 0 aliphatic carbocycles. The molecule has 0 aliphatic rings. The number of rotatable bonds is 6. The van der Waals surface area contributed by atoms with E-state index < -0.39 is 0 Å². The molecule has 7 rings (SSSR count). The number of aromatic nitrogens is 2. The van der Waals surface area contributed by atoms with Crippen LogP contribution in [0.1, 0.15) is 50.1 Å². The second-order valence-corrected chi connectivity index (χ2v) is 11.5. The predicted molar refractivity (Wildman–Crippen MR) is 185 cm³/mol. The van der Waals surface area contributed by atoms with Gasteiger partial charge in [-0.1, -0.05) is 111 Å². The third-order valence-electron chi connectivity index (χ3n) is 8.86. The van der Waals surface area contributed by atoms with Crippen LogP contribution in [-0.4, -0.2) is 9.97 Å². The van der Waals surface area contributed by atoms with Gasteiger partial charge >= 0.3 is 0 Å². The molecule has 0 spiro atoms. The lowest BCUT2D eigenvalue weighted by Crippen LogP contribution is -1.99. The van der Waals surface area contributed by atoms with Crippen molar-refractivity contribution in [3.8, 4) is 22.3 Å². The van der Waals surface area contributed by atoms with Gasteiger partial charge in [-0.25, -0.2) is 0 Å². The van der Waals surface area contributed by atoms with Crippen LogP contribution in [0, 0.1) is 6.92 Å². The Hall–Kier alpha value is -4.82. The molecule has 2 aromatic heterocycles. The van der Waals surface area contributed by atoms with E-state index >= 15 is 0 Å². The van der Waals surface area contributed by atoms with Gasteiger partial charge in [0.1, 0.15) is 0 Å². The summed E-state index contributed by atoms with van der Waals surface area (Å²) in [4.78, 5) is 10.0. The monoisotopic (exact) mass is 556 g/mol. The lowest BCUT2D eigenvalue weighted by atomic mass is 9.82. The van der Waals surface area contributed by atoms with Crippen LogP contribution >= 0.6 is 0 Å². The fraction of sp³-hybridized carbons (Fsp3) is 0.171. The zero-order valence-electron chi connectivity index (χ0n) is 25.4. The molecule has 5 aromatic carbocycles. The number of allylic oxidation sites excluding steroid dienone is 2. The molecule has 1 unspecified atom stereocenters. The van der Waals surface area contributed by atoms with Gasteiger partial charge in [-0.05, 0) is 94.3 Å². The predicted octanol–water partition coefficient (Wildman–Crippen LogP) is 11.4. The maximum Gasteiger partial charge on any atom is 0.0974 e. The van der Waals surface area contributed by atoms with Crippen molar-refractivity contribution >= 4 is 43.4 Å². The van der Waals surface area contributed by atoms with E-state index in [9.17, 15) is 0 Å². The first-order valence-corrected chi connectivity index (χ1v) is 15.5. The molecule has 0 aliphatic heterocycles. The smallest absolute Gasteiger partial charge is 0.0974 e. The number of hydrogen-bond acceptors (Lipinski definition) is 2. The van der Waals surface area contributed by atoms with E-state index in [1.807, 2.05) is 6.92 Å². The van der Waals surface area contributed by atoms with Crippen molar-refractivity contribution in [2.75, 3.05) is 0 Å². The Labute approximate surface area is 253 Å². The summed E-state index contributed by atoms with van der Waals surface area (Å²) >= 11 is 0. The zero-order valence-corrected chi connectivity index (χ0v) is 25.4. The molecule has 2 heterocycles. The van der Waals surface area contributed by atoms with Crippen molar-refractivity contribution in [1.29, 1.82) is 0 Å². The van der Waals surface area contributed by atoms with Gasteiger partial charge in [0, 0.05) is 28.1 Å². The van der Waals surface area contributed by atoms with Crippen LogP contribution in [-0.2, 0) is 6.42 Å². The minimum atomic E-state index is 0.364. The molecule has 2 nitrogen and oxygen atoms in total. The first-order chi connectivity index (χ1) is 21.1. The van der Waals surface area contributed by atoms with Crippen molar-refractivity contribution in [2.45, 2.75) is 46.5 Å². The number of hydrogen-bond donors (Lipinski definition) is 0. The fourth-order valence-corrected chi connectivity index (χ4v) is 6.83. The molecule has 0 bridgehead atoms. The highest BCUT2D eigenvalue weighted by Crippen LogP contribution is 2.44. The van der Waals surface area contributed by atoms with Crippen molar-refractivity contribution < 1.29 is 0 Å². The van der Waals surface area contributed by atoms with E-state index in [1.54, 1.807) is 0 Å². The quantitative estimate of drug-likeness (QED) is 0.116. The number of pyridine rings is 2. The average Bonchev–Trinajstić information content (AvgIpc) is 3.05. The maximum atomic E-state index is 5.09. The van der Waals surface area contributed by atoms with Crippen LogP contribution in [0.3, 0.4) is 0 Å². The topological polar surface area (TPSA) is 25.8 Å². The number of benzene rings is 5. The molecule has 0 saturated carbocycles. The van der Waals surface area contributed by atoms with Crippen molar-refractivity contribution in [2.24, 2.45) is 0 Å². The summed E-state index contributed by atoms with van der Waals surface area (Å²) in [5.41, 5.74) is 10.4. The molecule has 0 fully saturated rings. The highest BCUT2D eigenvalue weighted by atomic mass is 14.8. The highest BCUT2D eigenvalue weighted by molar-refractivity contribution is 6.16. The lowest BCUT2D eigenvalue weighted by Gasteiger charge is -2.21. The van der Waals surface area contributed by atoms with E-state index in [0.29, 0.717) is 5.92 Å². The van der Waals surface area contributed by atoms with Crippen molar-refractivity contribution in [3.63, 3.8) is 0 Å². The molecule has 1 atom stereocenters. The molecule has 7 aromatic rings. The Morgan fingerprint density at radius 2 is 1.33 bits per heavy atom. The number of fused-ring (bicyclic) bond motifs is 5. The van der Waals surface area contributed by atoms with Gasteiger partial charge in [-0.3, -0.25) is 9.97 Å². The van der Waals surface area contributed by atoms with E-state index in [2.05, 4.69) is 136 Å². The Balaban J connectivity index is 1.52. The summed E-state index contributed by atoms with van der Waals surface area (Å²) in [7, 11) is 0. The largest absolute Gasteiger partial charge is 0.251 e. The van der Waals surface area contributed by atoms with Gasteiger partial charge < -0.3 is 0 Å². The Morgan fingerprint density at radius 1 is 0.651 bits per heavy atom. The van der Waals surface area contributed by atoms with Gasteiger partial charge in [0.2, 0.25) is 0 Å².